The van der Waals surface area contributed by atoms with Crippen molar-refractivity contribution in [3.05, 3.63) is 29.8 Å². The summed E-state index contributed by atoms with van der Waals surface area (Å²) in [5.41, 5.74) is 0.739. The smallest absolute Gasteiger partial charge is 0.326 e. The second-order valence-electron chi connectivity index (χ2n) is 6.21. The van der Waals surface area contributed by atoms with Gasteiger partial charge in [0.05, 0.1) is 7.11 Å². The maximum Gasteiger partial charge on any atom is 0.326 e. The van der Waals surface area contributed by atoms with E-state index in [0.29, 0.717) is 12.2 Å². The molecule has 0 saturated carbocycles. The summed E-state index contributed by atoms with van der Waals surface area (Å²) in [5.74, 6) is -1.69. The Hall–Kier alpha value is -3.10. The van der Waals surface area contributed by atoms with E-state index in [1.54, 1.807) is 31.2 Å². The standard InChI is InChI=1S/C19H27N3O6/c1-4-15(21-12(2)23)18(25)20-10-9-17(24)22-16(19(26)27)11-13-5-7-14(28-3)8-6-13/h5-8,15-16H,4,9-11H2,1-3H3,(H,20,25)(H,21,23)(H,22,24)(H,26,27). The lowest BCUT2D eigenvalue weighted by Crippen LogP contribution is -2.47. The number of hydrogen-bond acceptors (Lipinski definition) is 5. The van der Waals surface area contributed by atoms with Gasteiger partial charge in [-0.25, -0.2) is 4.79 Å². The fourth-order valence-corrected chi connectivity index (χ4v) is 2.48. The molecule has 154 valence electrons. The van der Waals surface area contributed by atoms with Crippen molar-refractivity contribution in [3.8, 4) is 5.75 Å². The summed E-state index contributed by atoms with van der Waals surface area (Å²) in [5, 5.41) is 16.9. The van der Waals surface area contributed by atoms with Crippen LogP contribution in [0.5, 0.6) is 5.75 Å². The van der Waals surface area contributed by atoms with Crippen molar-refractivity contribution >= 4 is 23.7 Å². The Morgan fingerprint density at radius 1 is 1.07 bits per heavy atom. The van der Waals surface area contributed by atoms with E-state index in [1.807, 2.05) is 0 Å². The third kappa shape index (κ3) is 8.07. The van der Waals surface area contributed by atoms with Crippen molar-refractivity contribution in [2.75, 3.05) is 13.7 Å². The van der Waals surface area contributed by atoms with Gasteiger partial charge in [-0.15, -0.1) is 0 Å². The van der Waals surface area contributed by atoms with E-state index < -0.39 is 29.9 Å². The van der Waals surface area contributed by atoms with Crippen LogP contribution in [0.4, 0.5) is 0 Å². The van der Waals surface area contributed by atoms with Crippen molar-refractivity contribution in [2.24, 2.45) is 0 Å². The number of aliphatic carboxylic acids is 1. The average molecular weight is 393 g/mol. The normalized spacial score (nSPS) is 12.4. The van der Waals surface area contributed by atoms with Crippen LogP contribution in [0.15, 0.2) is 24.3 Å². The molecule has 0 aliphatic heterocycles. The number of carbonyl (C=O) groups is 4. The molecule has 3 amide bonds. The Kier molecular flexibility index (Phi) is 9.49. The van der Waals surface area contributed by atoms with E-state index >= 15 is 0 Å². The predicted octanol–water partition coefficient (Wildman–Crippen LogP) is 0.228. The van der Waals surface area contributed by atoms with Gasteiger partial charge in [-0.1, -0.05) is 19.1 Å². The fourth-order valence-electron chi connectivity index (χ4n) is 2.48. The summed E-state index contributed by atoms with van der Waals surface area (Å²) in [6, 6.07) is 5.14. The molecule has 2 atom stereocenters. The van der Waals surface area contributed by atoms with Crippen LogP contribution in [-0.2, 0) is 25.6 Å². The van der Waals surface area contributed by atoms with E-state index in [-0.39, 0.29) is 25.3 Å². The number of benzene rings is 1. The van der Waals surface area contributed by atoms with Crippen LogP contribution >= 0.6 is 0 Å². The SMILES string of the molecule is CCC(NC(C)=O)C(=O)NCCC(=O)NC(Cc1ccc(OC)cc1)C(=O)O. The lowest BCUT2D eigenvalue weighted by Gasteiger charge is -2.17. The Morgan fingerprint density at radius 2 is 1.71 bits per heavy atom. The predicted molar refractivity (Wildman–Crippen MR) is 102 cm³/mol. The van der Waals surface area contributed by atoms with Gasteiger partial charge in [-0.05, 0) is 24.1 Å². The molecule has 9 heteroatoms. The first-order valence-corrected chi connectivity index (χ1v) is 8.96. The van der Waals surface area contributed by atoms with Crippen LogP contribution < -0.4 is 20.7 Å². The second-order valence-corrected chi connectivity index (χ2v) is 6.21. The lowest BCUT2D eigenvalue weighted by atomic mass is 10.1. The number of amides is 3. The molecular formula is C19H27N3O6. The molecule has 28 heavy (non-hydrogen) atoms. The van der Waals surface area contributed by atoms with Crippen LogP contribution in [0.1, 0.15) is 32.3 Å². The van der Waals surface area contributed by atoms with Gasteiger partial charge in [0.15, 0.2) is 0 Å². The summed E-state index contributed by atoms with van der Waals surface area (Å²) >= 11 is 0. The Labute approximate surface area is 163 Å². The van der Waals surface area contributed by atoms with Gasteiger partial charge in [0, 0.05) is 26.3 Å². The van der Waals surface area contributed by atoms with Crippen molar-refractivity contribution in [1.82, 2.24) is 16.0 Å². The highest BCUT2D eigenvalue weighted by atomic mass is 16.5. The minimum atomic E-state index is -1.15. The number of ether oxygens (including phenoxy) is 1. The molecule has 4 N–H and O–H groups in total. The molecule has 1 aromatic carbocycles. The van der Waals surface area contributed by atoms with Crippen LogP contribution in [-0.4, -0.2) is 54.5 Å². The number of carboxylic acid groups (broad SMARTS) is 1. The highest BCUT2D eigenvalue weighted by molar-refractivity contribution is 5.87. The van der Waals surface area contributed by atoms with Gasteiger partial charge in [0.2, 0.25) is 17.7 Å². The summed E-state index contributed by atoms with van der Waals surface area (Å²) in [6.45, 7) is 3.11. The summed E-state index contributed by atoms with van der Waals surface area (Å²) in [4.78, 5) is 46.5. The molecule has 2 unspecified atom stereocenters. The van der Waals surface area contributed by atoms with Crippen molar-refractivity contribution < 1.29 is 29.0 Å². The molecule has 0 fully saturated rings. The lowest BCUT2D eigenvalue weighted by molar-refractivity contribution is -0.141. The minimum absolute atomic E-state index is 0.0373. The molecule has 0 spiro atoms. The van der Waals surface area contributed by atoms with Crippen LogP contribution in [0.2, 0.25) is 0 Å². The fraction of sp³-hybridized carbons (Fsp3) is 0.474. The van der Waals surface area contributed by atoms with Crippen molar-refractivity contribution in [1.29, 1.82) is 0 Å². The molecule has 0 bridgehead atoms. The summed E-state index contributed by atoms with van der Waals surface area (Å²) in [6.07, 6.45) is 0.465. The van der Waals surface area contributed by atoms with E-state index in [1.165, 1.54) is 14.0 Å². The topological polar surface area (TPSA) is 134 Å². The molecular weight excluding hydrogens is 366 g/mol. The molecule has 0 aromatic heterocycles. The number of rotatable bonds is 11. The molecule has 0 aliphatic carbocycles. The van der Waals surface area contributed by atoms with Gasteiger partial charge in [0.1, 0.15) is 17.8 Å². The molecule has 0 aliphatic rings. The first-order valence-electron chi connectivity index (χ1n) is 8.96. The van der Waals surface area contributed by atoms with E-state index in [9.17, 15) is 24.3 Å². The summed E-state index contributed by atoms with van der Waals surface area (Å²) in [7, 11) is 1.53. The Morgan fingerprint density at radius 3 is 2.21 bits per heavy atom. The summed E-state index contributed by atoms with van der Waals surface area (Å²) < 4.78 is 5.05. The maximum absolute atomic E-state index is 12.0. The maximum atomic E-state index is 12.0. The number of carbonyl (C=O) groups excluding carboxylic acids is 3. The average Bonchev–Trinajstić information content (AvgIpc) is 2.65. The van der Waals surface area contributed by atoms with Crippen LogP contribution in [0.3, 0.4) is 0 Å². The molecule has 9 nitrogen and oxygen atoms in total. The molecule has 0 radical (unpaired) electrons. The highest BCUT2D eigenvalue weighted by Crippen LogP contribution is 2.13. The monoisotopic (exact) mass is 393 g/mol. The number of hydrogen-bond donors (Lipinski definition) is 4. The van der Waals surface area contributed by atoms with Gasteiger partial charge < -0.3 is 25.8 Å². The molecule has 1 aromatic rings. The van der Waals surface area contributed by atoms with Crippen LogP contribution in [0, 0.1) is 0 Å². The first-order chi connectivity index (χ1) is 13.3. The zero-order valence-corrected chi connectivity index (χ0v) is 16.3. The number of carboxylic acids is 1. The molecule has 0 saturated heterocycles. The zero-order chi connectivity index (χ0) is 21.1. The van der Waals surface area contributed by atoms with E-state index in [4.69, 9.17) is 4.74 Å². The molecule has 0 heterocycles. The number of nitrogens with one attached hydrogen (secondary N) is 3. The van der Waals surface area contributed by atoms with Crippen molar-refractivity contribution in [3.63, 3.8) is 0 Å². The van der Waals surface area contributed by atoms with Gasteiger partial charge in [0.25, 0.3) is 0 Å². The van der Waals surface area contributed by atoms with Gasteiger partial charge in [-0.3, -0.25) is 14.4 Å². The second kappa shape index (κ2) is 11.6. The number of methoxy groups -OCH3 is 1. The first kappa shape index (κ1) is 22.9. The molecule has 1 rings (SSSR count). The minimum Gasteiger partial charge on any atom is -0.497 e. The third-order valence-corrected chi connectivity index (χ3v) is 3.99. The van der Waals surface area contributed by atoms with Gasteiger partial charge in [-0.2, -0.15) is 0 Å². The highest BCUT2D eigenvalue weighted by Gasteiger charge is 2.21. The van der Waals surface area contributed by atoms with Crippen molar-refractivity contribution in [2.45, 2.75) is 45.2 Å². The quantitative estimate of drug-likeness (QED) is 0.425. The van der Waals surface area contributed by atoms with E-state index in [0.717, 1.165) is 5.56 Å². The Bertz CT molecular complexity index is 689. The van der Waals surface area contributed by atoms with Crippen LogP contribution in [0.25, 0.3) is 0 Å². The third-order valence-electron chi connectivity index (χ3n) is 3.99. The van der Waals surface area contributed by atoms with E-state index in [2.05, 4.69) is 16.0 Å². The Balaban J connectivity index is 2.50. The van der Waals surface area contributed by atoms with Gasteiger partial charge >= 0.3 is 5.97 Å². The zero-order valence-electron chi connectivity index (χ0n) is 16.3. The largest absolute Gasteiger partial charge is 0.497 e.